The smallest absolute Gasteiger partial charge is 0.291 e. The molecule has 0 fully saturated rings. The van der Waals surface area contributed by atoms with Crippen molar-refractivity contribution in [2.75, 3.05) is 11.6 Å². The monoisotopic (exact) mass is 294 g/mol. The summed E-state index contributed by atoms with van der Waals surface area (Å²) in [5.74, 6) is 0.158. The summed E-state index contributed by atoms with van der Waals surface area (Å²) < 4.78 is 28.1. The molecule has 2 rings (SSSR count). The number of nitrogens with one attached hydrogen (secondary N) is 1. The van der Waals surface area contributed by atoms with E-state index in [0.717, 1.165) is 6.26 Å². The van der Waals surface area contributed by atoms with Gasteiger partial charge >= 0.3 is 0 Å². The lowest BCUT2D eigenvalue weighted by Crippen LogP contribution is -2.11. The molecular formula is C13H14N2O4S. The van der Waals surface area contributed by atoms with Gasteiger partial charge in [0.15, 0.2) is 15.6 Å². The topological polar surface area (TPSA) is 102 Å². The van der Waals surface area contributed by atoms with Crippen molar-refractivity contribution in [3.63, 3.8) is 0 Å². The van der Waals surface area contributed by atoms with Gasteiger partial charge in [0.1, 0.15) is 5.76 Å². The van der Waals surface area contributed by atoms with E-state index in [9.17, 15) is 13.2 Å². The minimum absolute atomic E-state index is 0.121. The van der Waals surface area contributed by atoms with E-state index in [2.05, 4.69) is 5.32 Å². The van der Waals surface area contributed by atoms with E-state index < -0.39 is 15.7 Å². The van der Waals surface area contributed by atoms with Crippen LogP contribution in [0.1, 0.15) is 16.3 Å². The van der Waals surface area contributed by atoms with Gasteiger partial charge in [0.2, 0.25) is 0 Å². The molecule has 3 N–H and O–H groups in total. The number of rotatable bonds is 4. The van der Waals surface area contributed by atoms with Crippen molar-refractivity contribution in [3.05, 3.63) is 47.9 Å². The van der Waals surface area contributed by atoms with Crippen LogP contribution in [0.3, 0.4) is 0 Å². The standard InChI is InChI=1S/C13H14N2O4S/c1-20(17,18)11-4-2-3-9(7-11)15-13(16)12-6-5-10(8-14)19-12/h2-7H,8,14H2,1H3,(H,15,16). The van der Waals surface area contributed by atoms with E-state index in [1.807, 2.05) is 0 Å². The van der Waals surface area contributed by atoms with Crippen molar-refractivity contribution in [1.29, 1.82) is 0 Å². The first-order valence-corrected chi connectivity index (χ1v) is 7.69. The summed E-state index contributed by atoms with van der Waals surface area (Å²) in [7, 11) is -3.32. The first-order chi connectivity index (χ1) is 9.40. The molecule has 0 aliphatic rings. The van der Waals surface area contributed by atoms with E-state index in [-0.39, 0.29) is 17.2 Å². The van der Waals surface area contributed by atoms with E-state index in [1.165, 1.54) is 18.2 Å². The van der Waals surface area contributed by atoms with Crippen LogP contribution in [-0.2, 0) is 16.4 Å². The largest absolute Gasteiger partial charge is 0.455 e. The SMILES string of the molecule is CS(=O)(=O)c1cccc(NC(=O)c2ccc(CN)o2)c1. The van der Waals surface area contributed by atoms with Crippen molar-refractivity contribution >= 4 is 21.4 Å². The lowest BCUT2D eigenvalue weighted by Gasteiger charge is -2.05. The highest BCUT2D eigenvalue weighted by molar-refractivity contribution is 7.90. The maximum Gasteiger partial charge on any atom is 0.291 e. The fourth-order valence-electron chi connectivity index (χ4n) is 1.61. The molecule has 1 aromatic heterocycles. The number of carbonyl (C=O) groups excluding carboxylic acids is 1. The Kier molecular flexibility index (Phi) is 3.91. The summed E-state index contributed by atoms with van der Waals surface area (Å²) in [5.41, 5.74) is 5.77. The second-order valence-corrected chi connectivity index (χ2v) is 6.24. The third kappa shape index (κ3) is 3.25. The molecule has 20 heavy (non-hydrogen) atoms. The first kappa shape index (κ1) is 14.3. The summed E-state index contributed by atoms with van der Waals surface area (Å²) in [6.45, 7) is 0.205. The molecule has 0 aliphatic heterocycles. The second kappa shape index (κ2) is 5.48. The number of nitrogens with two attached hydrogens (primary N) is 1. The van der Waals surface area contributed by atoms with Gasteiger partial charge in [0.05, 0.1) is 11.4 Å². The molecule has 0 saturated carbocycles. The van der Waals surface area contributed by atoms with Crippen molar-refractivity contribution in [2.45, 2.75) is 11.4 Å². The zero-order valence-electron chi connectivity index (χ0n) is 10.8. The number of hydrogen-bond acceptors (Lipinski definition) is 5. The fraction of sp³-hybridized carbons (Fsp3) is 0.154. The molecular weight excluding hydrogens is 280 g/mol. The maximum absolute atomic E-state index is 11.9. The lowest BCUT2D eigenvalue weighted by molar-refractivity contribution is 0.0995. The zero-order valence-corrected chi connectivity index (χ0v) is 11.6. The first-order valence-electron chi connectivity index (χ1n) is 5.80. The van der Waals surface area contributed by atoms with Crippen molar-refractivity contribution in [3.8, 4) is 0 Å². The molecule has 1 heterocycles. The third-order valence-electron chi connectivity index (χ3n) is 2.61. The second-order valence-electron chi connectivity index (χ2n) is 4.22. The van der Waals surface area contributed by atoms with E-state index in [0.29, 0.717) is 11.4 Å². The van der Waals surface area contributed by atoms with Crippen LogP contribution in [0.5, 0.6) is 0 Å². The Bertz CT molecular complexity index is 734. The van der Waals surface area contributed by atoms with Gasteiger partial charge < -0.3 is 15.5 Å². The van der Waals surface area contributed by atoms with Crippen molar-refractivity contribution < 1.29 is 17.6 Å². The van der Waals surface area contributed by atoms with Gasteiger partial charge in [-0.15, -0.1) is 0 Å². The normalized spacial score (nSPS) is 11.3. The molecule has 6 nitrogen and oxygen atoms in total. The van der Waals surface area contributed by atoms with Gasteiger partial charge in [0, 0.05) is 11.9 Å². The number of sulfone groups is 1. The summed E-state index contributed by atoms with van der Waals surface area (Å²) in [4.78, 5) is 12.0. The molecule has 0 unspecified atom stereocenters. The highest BCUT2D eigenvalue weighted by Crippen LogP contribution is 2.17. The summed E-state index contributed by atoms with van der Waals surface area (Å²) >= 11 is 0. The lowest BCUT2D eigenvalue weighted by atomic mass is 10.3. The molecule has 0 aliphatic carbocycles. The van der Waals surface area contributed by atoms with Gasteiger partial charge in [0.25, 0.3) is 5.91 Å². The Labute approximate surface area is 116 Å². The molecule has 0 spiro atoms. The Balaban J connectivity index is 2.20. The van der Waals surface area contributed by atoms with Crippen LogP contribution in [0.4, 0.5) is 5.69 Å². The fourth-order valence-corrected chi connectivity index (χ4v) is 2.27. The van der Waals surface area contributed by atoms with Crippen LogP contribution >= 0.6 is 0 Å². The predicted octanol–water partition coefficient (Wildman–Crippen LogP) is 1.39. The molecule has 0 radical (unpaired) electrons. The molecule has 0 saturated heterocycles. The average molecular weight is 294 g/mol. The number of anilines is 1. The van der Waals surface area contributed by atoms with Gasteiger partial charge in [-0.2, -0.15) is 0 Å². The summed E-state index contributed by atoms with van der Waals surface area (Å²) in [6, 6.07) is 9.13. The minimum Gasteiger partial charge on any atom is -0.455 e. The third-order valence-corrected chi connectivity index (χ3v) is 3.72. The number of carbonyl (C=O) groups is 1. The van der Waals surface area contributed by atoms with Crippen LogP contribution in [0.2, 0.25) is 0 Å². The molecule has 7 heteroatoms. The van der Waals surface area contributed by atoms with E-state index >= 15 is 0 Å². The van der Waals surface area contributed by atoms with Crippen molar-refractivity contribution in [2.24, 2.45) is 5.73 Å². The van der Waals surface area contributed by atoms with E-state index in [1.54, 1.807) is 18.2 Å². The molecule has 0 bridgehead atoms. The Morgan fingerprint density at radius 1 is 1.30 bits per heavy atom. The Morgan fingerprint density at radius 2 is 2.05 bits per heavy atom. The van der Waals surface area contributed by atoms with Crippen LogP contribution in [-0.4, -0.2) is 20.6 Å². The van der Waals surface area contributed by atoms with E-state index in [4.69, 9.17) is 10.2 Å². The molecule has 2 aromatic rings. The Morgan fingerprint density at radius 3 is 2.65 bits per heavy atom. The number of amides is 1. The molecule has 1 aromatic carbocycles. The molecule has 1 amide bonds. The van der Waals surface area contributed by atoms with Crippen LogP contribution in [0, 0.1) is 0 Å². The average Bonchev–Trinajstić information content (AvgIpc) is 2.87. The number of furan rings is 1. The minimum atomic E-state index is -3.32. The number of hydrogen-bond donors (Lipinski definition) is 2. The van der Waals surface area contributed by atoms with Crippen LogP contribution in [0.15, 0.2) is 45.7 Å². The van der Waals surface area contributed by atoms with Crippen molar-refractivity contribution in [1.82, 2.24) is 0 Å². The van der Waals surface area contributed by atoms with Gasteiger partial charge in [-0.1, -0.05) is 6.07 Å². The van der Waals surface area contributed by atoms with Crippen LogP contribution < -0.4 is 11.1 Å². The van der Waals surface area contributed by atoms with Gasteiger partial charge in [-0.25, -0.2) is 8.42 Å². The van der Waals surface area contributed by atoms with Gasteiger partial charge in [-0.3, -0.25) is 4.79 Å². The highest BCUT2D eigenvalue weighted by atomic mass is 32.2. The van der Waals surface area contributed by atoms with Crippen LogP contribution in [0.25, 0.3) is 0 Å². The molecule has 106 valence electrons. The summed E-state index contributed by atoms with van der Waals surface area (Å²) in [6.07, 6.45) is 1.11. The van der Waals surface area contributed by atoms with Gasteiger partial charge in [-0.05, 0) is 30.3 Å². The maximum atomic E-state index is 11.9. The number of benzene rings is 1. The zero-order chi connectivity index (χ0) is 14.8. The highest BCUT2D eigenvalue weighted by Gasteiger charge is 2.13. The predicted molar refractivity (Wildman–Crippen MR) is 74.1 cm³/mol. The molecule has 0 atom stereocenters. The quantitative estimate of drug-likeness (QED) is 0.887. The summed E-state index contributed by atoms with van der Waals surface area (Å²) in [5, 5.41) is 2.57. The Hall–Kier alpha value is -2.12.